The smallest absolute Gasteiger partial charge is 0.228 e. The molecule has 0 aliphatic rings. The fourth-order valence-corrected chi connectivity index (χ4v) is 2.72. The topological polar surface area (TPSA) is 54.0 Å². The molecule has 3 aromatic rings. The van der Waals surface area contributed by atoms with E-state index >= 15 is 0 Å². The predicted molar refractivity (Wildman–Crippen MR) is 106 cm³/mol. The number of carbonyl (C=O) groups excluding carboxylic acids is 1. The number of benzene rings is 2. The minimum atomic E-state index is -0.313. The van der Waals surface area contributed by atoms with Gasteiger partial charge in [0.2, 0.25) is 5.91 Å². The lowest BCUT2D eigenvalue weighted by Gasteiger charge is -2.12. The maximum atomic E-state index is 12.9. The van der Waals surface area contributed by atoms with Crippen LogP contribution in [-0.2, 0) is 17.8 Å². The third-order valence-electron chi connectivity index (χ3n) is 4.06. The number of nitrogens with zero attached hydrogens (tertiary/aromatic N) is 1. The Morgan fingerprint density at radius 2 is 1.81 bits per heavy atom. The number of carbonyl (C=O) groups is 1. The molecule has 1 aromatic heterocycles. The standard InChI is InChI=1S/C21H19ClFN3O/c1-14-10-18(24-12-16-4-9-20(22)25-13-16)7-8-19(14)26-21(27)11-15-2-5-17(23)6-3-15/h2-10,13,24H,11-12H2,1H3,(H,26,27). The molecule has 0 saturated heterocycles. The van der Waals surface area contributed by atoms with Crippen molar-refractivity contribution >= 4 is 28.9 Å². The highest BCUT2D eigenvalue weighted by Crippen LogP contribution is 2.21. The van der Waals surface area contributed by atoms with Gasteiger partial charge in [0.15, 0.2) is 0 Å². The minimum Gasteiger partial charge on any atom is -0.381 e. The number of rotatable bonds is 6. The first-order chi connectivity index (χ1) is 13.0. The van der Waals surface area contributed by atoms with Crippen LogP contribution < -0.4 is 10.6 Å². The van der Waals surface area contributed by atoms with Crippen molar-refractivity contribution in [2.45, 2.75) is 19.9 Å². The Balaban J connectivity index is 1.58. The number of aromatic nitrogens is 1. The van der Waals surface area contributed by atoms with Crippen LogP contribution in [-0.4, -0.2) is 10.9 Å². The maximum absolute atomic E-state index is 12.9. The van der Waals surface area contributed by atoms with Gasteiger partial charge in [-0.15, -0.1) is 0 Å². The summed E-state index contributed by atoms with van der Waals surface area (Å²) in [5, 5.41) is 6.68. The Labute approximate surface area is 162 Å². The van der Waals surface area contributed by atoms with E-state index in [-0.39, 0.29) is 18.1 Å². The third-order valence-corrected chi connectivity index (χ3v) is 4.29. The first kappa shape index (κ1) is 18.9. The van der Waals surface area contributed by atoms with E-state index in [1.165, 1.54) is 12.1 Å². The lowest BCUT2D eigenvalue weighted by Crippen LogP contribution is -2.15. The highest BCUT2D eigenvalue weighted by Gasteiger charge is 2.07. The Morgan fingerprint density at radius 3 is 2.48 bits per heavy atom. The molecule has 0 atom stereocenters. The van der Waals surface area contributed by atoms with Crippen LogP contribution in [0.15, 0.2) is 60.8 Å². The second kappa shape index (κ2) is 8.64. The molecule has 3 rings (SSSR count). The van der Waals surface area contributed by atoms with E-state index in [9.17, 15) is 9.18 Å². The summed E-state index contributed by atoms with van der Waals surface area (Å²) >= 11 is 5.78. The highest BCUT2D eigenvalue weighted by molar-refractivity contribution is 6.29. The molecular weight excluding hydrogens is 365 g/mol. The fraction of sp³-hybridized carbons (Fsp3) is 0.143. The number of aryl methyl sites for hydroxylation is 1. The van der Waals surface area contributed by atoms with E-state index in [0.717, 1.165) is 28.1 Å². The summed E-state index contributed by atoms with van der Waals surface area (Å²) in [6.45, 7) is 2.56. The van der Waals surface area contributed by atoms with Gasteiger partial charge in [0.05, 0.1) is 6.42 Å². The summed E-state index contributed by atoms with van der Waals surface area (Å²) in [4.78, 5) is 16.3. The summed E-state index contributed by atoms with van der Waals surface area (Å²) in [6, 6.07) is 15.3. The lowest BCUT2D eigenvalue weighted by atomic mass is 10.1. The molecule has 0 fully saturated rings. The second-order valence-electron chi connectivity index (χ2n) is 6.22. The Kier molecular flexibility index (Phi) is 6.04. The molecule has 0 spiro atoms. The first-order valence-corrected chi connectivity index (χ1v) is 8.86. The van der Waals surface area contributed by atoms with Crippen LogP contribution in [0.1, 0.15) is 16.7 Å². The lowest BCUT2D eigenvalue weighted by molar-refractivity contribution is -0.115. The molecular formula is C21H19ClFN3O. The van der Waals surface area contributed by atoms with Crippen molar-refractivity contribution in [2.75, 3.05) is 10.6 Å². The number of hydrogen-bond acceptors (Lipinski definition) is 3. The van der Waals surface area contributed by atoms with Gasteiger partial charge < -0.3 is 10.6 Å². The Hall–Kier alpha value is -2.92. The van der Waals surface area contributed by atoms with Crippen molar-refractivity contribution < 1.29 is 9.18 Å². The monoisotopic (exact) mass is 383 g/mol. The van der Waals surface area contributed by atoms with Crippen molar-refractivity contribution in [3.8, 4) is 0 Å². The average Bonchev–Trinajstić information content (AvgIpc) is 2.65. The van der Waals surface area contributed by atoms with Gasteiger partial charge in [-0.1, -0.05) is 29.8 Å². The fourth-order valence-electron chi connectivity index (χ4n) is 2.61. The number of amides is 1. The minimum absolute atomic E-state index is 0.141. The predicted octanol–water partition coefficient (Wildman–Crippen LogP) is 4.98. The normalized spacial score (nSPS) is 10.5. The first-order valence-electron chi connectivity index (χ1n) is 8.49. The molecule has 2 N–H and O–H groups in total. The molecule has 0 saturated carbocycles. The van der Waals surface area contributed by atoms with Crippen LogP contribution in [0.3, 0.4) is 0 Å². The molecule has 0 bridgehead atoms. The molecule has 0 aliphatic heterocycles. The van der Waals surface area contributed by atoms with Crippen molar-refractivity contribution in [3.63, 3.8) is 0 Å². The SMILES string of the molecule is Cc1cc(NCc2ccc(Cl)nc2)ccc1NC(=O)Cc1ccc(F)cc1. The van der Waals surface area contributed by atoms with Gasteiger partial charge in [0.25, 0.3) is 0 Å². The molecule has 4 nitrogen and oxygen atoms in total. The molecule has 1 amide bonds. The van der Waals surface area contributed by atoms with E-state index < -0.39 is 0 Å². The maximum Gasteiger partial charge on any atom is 0.228 e. The van der Waals surface area contributed by atoms with E-state index in [4.69, 9.17) is 11.6 Å². The molecule has 6 heteroatoms. The molecule has 1 heterocycles. The van der Waals surface area contributed by atoms with Crippen LogP contribution in [0.25, 0.3) is 0 Å². The summed E-state index contributed by atoms with van der Waals surface area (Å²) in [6.07, 6.45) is 1.93. The van der Waals surface area contributed by atoms with Gasteiger partial charge in [-0.2, -0.15) is 0 Å². The van der Waals surface area contributed by atoms with Crippen molar-refractivity contribution in [3.05, 3.63) is 88.5 Å². The van der Waals surface area contributed by atoms with Gasteiger partial charge in [0, 0.05) is 24.1 Å². The zero-order valence-electron chi connectivity index (χ0n) is 14.8. The van der Waals surface area contributed by atoms with Crippen molar-refractivity contribution in [2.24, 2.45) is 0 Å². The van der Waals surface area contributed by atoms with E-state index in [2.05, 4.69) is 15.6 Å². The summed E-state index contributed by atoms with van der Waals surface area (Å²) < 4.78 is 12.9. The molecule has 0 radical (unpaired) electrons. The number of hydrogen-bond donors (Lipinski definition) is 2. The van der Waals surface area contributed by atoms with E-state index in [1.54, 1.807) is 24.4 Å². The van der Waals surface area contributed by atoms with Gasteiger partial charge >= 0.3 is 0 Å². The van der Waals surface area contributed by atoms with E-state index in [0.29, 0.717) is 11.7 Å². The van der Waals surface area contributed by atoms with Crippen LogP contribution >= 0.6 is 11.6 Å². The summed E-state index contributed by atoms with van der Waals surface area (Å²) in [5.41, 5.74) is 4.43. The van der Waals surface area contributed by atoms with Crippen molar-refractivity contribution in [1.82, 2.24) is 4.98 Å². The average molecular weight is 384 g/mol. The van der Waals surface area contributed by atoms with Gasteiger partial charge in [0.1, 0.15) is 11.0 Å². The van der Waals surface area contributed by atoms with Gasteiger partial charge in [-0.05, 0) is 60.0 Å². The van der Waals surface area contributed by atoms with Crippen LogP contribution in [0.5, 0.6) is 0 Å². The van der Waals surface area contributed by atoms with E-state index in [1.807, 2.05) is 31.2 Å². The molecule has 0 aliphatic carbocycles. The zero-order valence-corrected chi connectivity index (χ0v) is 15.6. The Bertz CT molecular complexity index is 927. The van der Waals surface area contributed by atoms with Crippen LogP contribution in [0.2, 0.25) is 5.15 Å². The zero-order chi connectivity index (χ0) is 19.2. The van der Waals surface area contributed by atoms with Crippen LogP contribution in [0, 0.1) is 12.7 Å². The number of pyridine rings is 1. The quantitative estimate of drug-likeness (QED) is 0.590. The second-order valence-corrected chi connectivity index (χ2v) is 6.61. The molecule has 27 heavy (non-hydrogen) atoms. The highest BCUT2D eigenvalue weighted by atomic mass is 35.5. The van der Waals surface area contributed by atoms with Crippen molar-refractivity contribution in [1.29, 1.82) is 0 Å². The number of nitrogens with one attached hydrogen (secondary N) is 2. The summed E-state index contributed by atoms with van der Waals surface area (Å²) in [5.74, 6) is -0.454. The van der Waals surface area contributed by atoms with Gasteiger partial charge in [-0.25, -0.2) is 9.37 Å². The number of anilines is 2. The largest absolute Gasteiger partial charge is 0.381 e. The number of halogens is 2. The van der Waals surface area contributed by atoms with Crippen LogP contribution in [0.4, 0.5) is 15.8 Å². The van der Waals surface area contributed by atoms with Gasteiger partial charge in [-0.3, -0.25) is 4.79 Å². The third kappa shape index (κ3) is 5.53. The molecule has 0 unspecified atom stereocenters. The summed E-state index contributed by atoms with van der Waals surface area (Å²) in [7, 11) is 0. The Morgan fingerprint density at radius 1 is 1.07 bits per heavy atom. The molecule has 2 aromatic carbocycles. The molecule has 138 valence electrons.